The highest BCUT2D eigenvalue weighted by Crippen LogP contribution is 2.35. The zero-order chi connectivity index (χ0) is 24.2. The van der Waals surface area contributed by atoms with Crippen LogP contribution in [0.2, 0.25) is 0 Å². The van der Waals surface area contributed by atoms with Gasteiger partial charge < -0.3 is 14.6 Å². The number of aliphatic hydroxyl groups is 1. The highest BCUT2D eigenvalue weighted by atomic mass is 19.1. The Morgan fingerprint density at radius 1 is 0.971 bits per heavy atom. The summed E-state index contributed by atoms with van der Waals surface area (Å²) < 4.78 is 15.7. The van der Waals surface area contributed by atoms with Crippen molar-refractivity contribution in [1.29, 1.82) is 0 Å². The minimum absolute atomic E-state index is 0.191. The van der Waals surface area contributed by atoms with E-state index in [0.717, 1.165) is 63.0 Å². The van der Waals surface area contributed by atoms with Gasteiger partial charge in [0.15, 0.2) is 0 Å². The van der Waals surface area contributed by atoms with Gasteiger partial charge in [-0.25, -0.2) is 4.39 Å². The maximum absolute atomic E-state index is 13.3. The number of nitrogens with zero attached hydrogens (tertiary/aromatic N) is 2. The third kappa shape index (κ3) is 5.66. The number of para-hydroxylation sites is 1. The van der Waals surface area contributed by atoms with Crippen molar-refractivity contribution in [1.82, 2.24) is 9.47 Å². The zero-order valence-corrected chi connectivity index (χ0v) is 20.5. The quantitative estimate of drug-likeness (QED) is 0.306. The summed E-state index contributed by atoms with van der Waals surface area (Å²) in [5.41, 5.74) is 6.03. The van der Waals surface area contributed by atoms with Crippen molar-refractivity contribution >= 4 is 10.9 Å². The molecule has 4 heteroatoms. The van der Waals surface area contributed by atoms with Gasteiger partial charge in [-0.2, -0.15) is 0 Å². The molecule has 1 N–H and O–H groups in total. The predicted octanol–water partition coefficient (Wildman–Crippen LogP) is 6.83. The first kappa shape index (κ1) is 23.8. The van der Waals surface area contributed by atoms with Crippen LogP contribution in [-0.2, 0) is 6.54 Å². The summed E-state index contributed by atoms with van der Waals surface area (Å²) in [6.07, 6.45) is 6.08. The molecule has 0 spiro atoms. The van der Waals surface area contributed by atoms with Gasteiger partial charge >= 0.3 is 0 Å². The highest BCUT2D eigenvalue weighted by Gasteiger charge is 2.24. The Morgan fingerprint density at radius 3 is 2.51 bits per heavy atom. The van der Waals surface area contributed by atoms with Crippen LogP contribution in [0.25, 0.3) is 10.9 Å². The molecule has 0 bridgehead atoms. The standard InChI is InChI=1S/C31H35FN2O/c1-23-6-4-7-26(20-23)31(35)10-5-17-33-18-15-25(16-19-33)29-22-34(30-9-3-2-8-28(29)30)21-24-11-13-27(32)14-12-24/h2-4,6-9,11-14,20,22,25,31,35H,5,10,15-19,21H2,1H3. The van der Waals surface area contributed by atoms with Crippen molar-refractivity contribution in [2.45, 2.75) is 51.2 Å². The Hall–Kier alpha value is -2.95. The van der Waals surface area contributed by atoms with Gasteiger partial charge in [0.2, 0.25) is 0 Å². The fourth-order valence-electron chi connectivity index (χ4n) is 5.54. The number of aliphatic hydroxyl groups excluding tert-OH is 1. The van der Waals surface area contributed by atoms with E-state index in [-0.39, 0.29) is 11.9 Å². The average Bonchev–Trinajstić information content (AvgIpc) is 3.24. The van der Waals surface area contributed by atoms with Gasteiger partial charge in [0.1, 0.15) is 5.82 Å². The molecule has 1 unspecified atom stereocenters. The molecule has 1 aliphatic heterocycles. The second-order valence-corrected chi connectivity index (χ2v) is 10.0. The Labute approximate surface area is 207 Å². The number of fused-ring (bicyclic) bond motifs is 1. The lowest BCUT2D eigenvalue weighted by Crippen LogP contribution is -2.33. The number of likely N-dealkylation sites (tertiary alicyclic amines) is 1. The first-order valence-electron chi connectivity index (χ1n) is 12.9. The average molecular weight is 471 g/mol. The van der Waals surface area contributed by atoms with Gasteiger partial charge in [-0.05, 0) is 93.0 Å². The van der Waals surface area contributed by atoms with Gasteiger partial charge in [0.05, 0.1) is 6.10 Å². The smallest absolute Gasteiger partial charge is 0.123 e. The van der Waals surface area contributed by atoms with Crippen molar-refractivity contribution < 1.29 is 9.50 Å². The Morgan fingerprint density at radius 2 is 1.74 bits per heavy atom. The molecule has 2 heterocycles. The molecule has 1 fully saturated rings. The van der Waals surface area contributed by atoms with E-state index in [1.54, 1.807) is 0 Å². The Balaban J connectivity index is 1.19. The number of piperidine rings is 1. The van der Waals surface area contributed by atoms with Crippen LogP contribution in [0.3, 0.4) is 0 Å². The van der Waals surface area contributed by atoms with Crippen LogP contribution in [0.1, 0.15) is 60.0 Å². The molecular formula is C31H35FN2O. The van der Waals surface area contributed by atoms with Gasteiger partial charge in [-0.3, -0.25) is 0 Å². The molecule has 0 saturated carbocycles. The summed E-state index contributed by atoms with van der Waals surface area (Å²) in [7, 11) is 0. The molecule has 1 aliphatic rings. The largest absolute Gasteiger partial charge is 0.388 e. The molecule has 4 aromatic rings. The lowest BCUT2D eigenvalue weighted by atomic mass is 9.89. The topological polar surface area (TPSA) is 28.4 Å². The van der Waals surface area contributed by atoms with Crippen LogP contribution in [0.15, 0.2) is 79.0 Å². The van der Waals surface area contributed by atoms with E-state index in [0.29, 0.717) is 5.92 Å². The molecule has 35 heavy (non-hydrogen) atoms. The van der Waals surface area contributed by atoms with E-state index in [1.807, 2.05) is 24.3 Å². The van der Waals surface area contributed by atoms with Crippen molar-refractivity contribution in [2.24, 2.45) is 0 Å². The fourth-order valence-corrected chi connectivity index (χ4v) is 5.54. The number of hydrogen-bond donors (Lipinski definition) is 1. The van der Waals surface area contributed by atoms with Gasteiger partial charge in [-0.1, -0.05) is 60.2 Å². The van der Waals surface area contributed by atoms with E-state index >= 15 is 0 Å². The van der Waals surface area contributed by atoms with E-state index < -0.39 is 0 Å². The summed E-state index contributed by atoms with van der Waals surface area (Å²) >= 11 is 0. The van der Waals surface area contributed by atoms with Crippen molar-refractivity contribution in [2.75, 3.05) is 19.6 Å². The van der Waals surface area contributed by atoms with E-state index in [9.17, 15) is 9.50 Å². The van der Waals surface area contributed by atoms with Gasteiger partial charge in [0, 0.05) is 23.6 Å². The predicted molar refractivity (Wildman–Crippen MR) is 141 cm³/mol. The molecule has 0 radical (unpaired) electrons. The summed E-state index contributed by atoms with van der Waals surface area (Å²) in [4.78, 5) is 2.55. The second kappa shape index (κ2) is 10.8. The van der Waals surface area contributed by atoms with Crippen molar-refractivity contribution in [3.05, 3.63) is 107 Å². The Kier molecular flexibility index (Phi) is 7.31. The SMILES string of the molecule is Cc1cccc(C(O)CCCN2CCC(c3cn(Cc4ccc(F)cc4)c4ccccc34)CC2)c1. The molecule has 1 aromatic heterocycles. The molecule has 0 amide bonds. The molecular weight excluding hydrogens is 435 g/mol. The number of halogens is 1. The van der Waals surface area contributed by atoms with Crippen LogP contribution in [0, 0.1) is 12.7 Å². The number of hydrogen-bond acceptors (Lipinski definition) is 2. The minimum atomic E-state index is -0.375. The molecule has 0 aliphatic carbocycles. The molecule has 1 atom stereocenters. The number of benzene rings is 3. The maximum Gasteiger partial charge on any atom is 0.123 e. The summed E-state index contributed by atoms with van der Waals surface area (Å²) in [5, 5.41) is 11.9. The summed E-state index contributed by atoms with van der Waals surface area (Å²) in [6, 6.07) is 23.7. The molecule has 3 aromatic carbocycles. The molecule has 1 saturated heterocycles. The number of aryl methyl sites for hydroxylation is 1. The lowest BCUT2D eigenvalue weighted by molar-refractivity contribution is 0.148. The fraction of sp³-hybridized carbons (Fsp3) is 0.355. The van der Waals surface area contributed by atoms with Crippen LogP contribution >= 0.6 is 0 Å². The maximum atomic E-state index is 13.3. The van der Waals surface area contributed by atoms with E-state index in [4.69, 9.17) is 0 Å². The van der Waals surface area contributed by atoms with E-state index in [2.05, 4.69) is 59.0 Å². The third-order valence-corrected chi connectivity index (χ3v) is 7.49. The van der Waals surface area contributed by atoms with Crippen molar-refractivity contribution in [3.63, 3.8) is 0 Å². The monoisotopic (exact) mass is 470 g/mol. The summed E-state index contributed by atoms with van der Waals surface area (Å²) in [6.45, 7) is 6.07. The highest BCUT2D eigenvalue weighted by molar-refractivity contribution is 5.84. The molecule has 5 rings (SSSR count). The van der Waals surface area contributed by atoms with Crippen LogP contribution in [0.4, 0.5) is 4.39 Å². The number of aromatic nitrogens is 1. The third-order valence-electron chi connectivity index (χ3n) is 7.49. The van der Waals surface area contributed by atoms with Crippen LogP contribution < -0.4 is 0 Å². The summed E-state index contributed by atoms with van der Waals surface area (Å²) in [5.74, 6) is 0.367. The molecule has 3 nitrogen and oxygen atoms in total. The molecule has 182 valence electrons. The van der Waals surface area contributed by atoms with Crippen LogP contribution in [0.5, 0.6) is 0 Å². The van der Waals surface area contributed by atoms with Gasteiger partial charge in [0.25, 0.3) is 0 Å². The minimum Gasteiger partial charge on any atom is -0.388 e. The van der Waals surface area contributed by atoms with Crippen molar-refractivity contribution in [3.8, 4) is 0 Å². The first-order chi connectivity index (χ1) is 17.1. The first-order valence-corrected chi connectivity index (χ1v) is 12.9. The normalized spacial score (nSPS) is 16.1. The van der Waals surface area contributed by atoms with Gasteiger partial charge in [-0.15, -0.1) is 0 Å². The Bertz CT molecular complexity index is 1250. The second-order valence-electron chi connectivity index (χ2n) is 10.0. The van der Waals surface area contributed by atoms with Crippen LogP contribution in [-0.4, -0.2) is 34.2 Å². The van der Waals surface area contributed by atoms with E-state index in [1.165, 1.54) is 34.2 Å². The lowest BCUT2D eigenvalue weighted by Gasteiger charge is -2.32. The zero-order valence-electron chi connectivity index (χ0n) is 20.5. The number of rotatable bonds is 8.